The number of carbonyl (C=O) groups excluding carboxylic acids is 5. The van der Waals surface area contributed by atoms with Crippen LogP contribution in [0.5, 0.6) is 0 Å². The van der Waals surface area contributed by atoms with Gasteiger partial charge in [-0.3, -0.25) is 19.3 Å². The lowest BCUT2D eigenvalue weighted by molar-refractivity contribution is -0.158. The Morgan fingerprint density at radius 2 is 1.96 bits per heavy atom. The van der Waals surface area contributed by atoms with E-state index in [4.69, 9.17) is 24.0 Å². The Labute approximate surface area is 297 Å². The number of nitrogens with two attached hydrogens (primary N) is 1. The van der Waals surface area contributed by atoms with Gasteiger partial charge in [0.2, 0.25) is 17.4 Å². The lowest BCUT2D eigenvalue weighted by Crippen LogP contribution is -2.71. The number of fused-ring (bicyclic) bond motifs is 1. The normalized spacial score (nSPS) is 23.1. The highest BCUT2D eigenvalue weighted by molar-refractivity contribution is 8.00. The Bertz CT molecular complexity index is 1940. The lowest BCUT2D eigenvalue weighted by Gasteiger charge is -2.49. The quantitative estimate of drug-likeness (QED) is 0.0840. The van der Waals surface area contributed by atoms with Crippen molar-refractivity contribution in [3.63, 3.8) is 0 Å². The fourth-order valence-corrected chi connectivity index (χ4v) is 7.76. The van der Waals surface area contributed by atoms with E-state index in [0.717, 1.165) is 11.5 Å². The van der Waals surface area contributed by atoms with Crippen LogP contribution in [0.4, 0.5) is 9.93 Å². The van der Waals surface area contributed by atoms with Gasteiger partial charge in [0.25, 0.3) is 11.8 Å². The van der Waals surface area contributed by atoms with Gasteiger partial charge in [0.05, 0.1) is 6.04 Å². The smallest absolute Gasteiger partial charge is 0.455 e. The van der Waals surface area contributed by atoms with Gasteiger partial charge in [0.15, 0.2) is 23.3 Å². The molecule has 3 fully saturated rings. The van der Waals surface area contributed by atoms with E-state index in [-0.39, 0.29) is 59.0 Å². The maximum absolute atomic E-state index is 13.7. The van der Waals surface area contributed by atoms with Crippen molar-refractivity contribution in [2.45, 2.75) is 70.2 Å². The van der Waals surface area contributed by atoms with E-state index in [2.05, 4.69) is 19.8 Å². The third-order valence-corrected chi connectivity index (χ3v) is 10.2. The summed E-state index contributed by atoms with van der Waals surface area (Å²) in [5, 5.41) is 14.3. The minimum atomic E-state index is -1.08. The lowest BCUT2D eigenvalue weighted by atomic mass is 10.0. The largest absolute Gasteiger partial charge is 0.519 e. The molecule has 2 aromatic heterocycles. The van der Waals surface area contributed by atoms with Crippen LogP contribution in [0.3, 0.4) is 0 Å². The molecule has 51 heavy (non-hydrogen) atoms. The van der Waals surface area contributed by atoms with Crippen molar-refractivity contribution < 1.29 is 47.5 Å². The predicted octanol–water partition coefficient (Wildman–Crippen LogP) is 0.719. The highest BCUT2D eigenvalue weighted by Crippen LogP contribution is 2.42. The van der Waals surface area contributed by atoms with Gasteiger partial charge in [-0.2, -0.15) is 9.36 Å². The van der Waals surface area contributed by atoms with Crippen LogP contribution < -0.4 is 16.9 Å². The van der Waals surface area contributed by atoms with E-state index in [0.29, 0.717) is 37.1 Å². The van der Waals surface area contributed by atoms with E-state index in [1.165, 1.54) is 28.5 Å². The number of anilines is 1. The third kappa shape index (κ3) is 7.20. The van der Waals surface area contributed by atoms with Crippen molar-refractivity contribution in [2.24, 2.45) is 5.16 Å². The first-order chi connectivity index (χ1) is 24.1. The molecular weight excluding hydrogens is 713 g/mol. The molecule has 0 aliphatic carbocycles. The SMILES string of the molecule is Cc1oc(=O)oc1COC(=O)N1CC[C@H](N2CC/C(=C\C3=C(C(=O)OC(C)(C)C)N4C(=O)[C@@H](NC(=O)/C(=N\O)c5nsc(N)n5)[C@H]4SC3)C2=O)C1. The number of thioether (sulfide) groups is 1. The number of amides is 4. The number of hydrogen-bond acceptors (Lipinski definition) is 17. The third-order valence-electron chi connectivity index (χ3n) is 8.38. The highest BCUT2D eigenvalue weighted by atomic mass is 32.2. The molecule has 0 bridgehead atoms. The fourth-order valence-electron chi connectivity index (χ4n) is 6.02. The van der Waals surface area contributed by atoms with Crippen molar-refractivity contribution in [3.05, 3.63) is 50.9 Å². The number of ether oxygens (including phenoxy) is 2. The zero-order valence-electron chi connectivity index (χ0n) is 27.9. The van der Waals surface area contributed by atoms with Crippen LogP contribution in [0.25, 0.3) is 0 Å². The average molecular weight is 747 g/mol. The zero-order chi connectivity index (χ0) is 36.8. The number of nitrogen functional groups attached to an aromatic ring is 1. The van der Waals surface area contributed by atoms with Gasteiger partial charge in [-0.1, -0.05) is 5.16 Å². The predicted molar refractivity (Wildman–Crippen MR) is 177 cm³/mol. The molecule has 19 nitrogen and oxygen atoms in total. The standard InChI is InChI=1S/C30H34N8O11S2/c1-13-17(48-29(44)47-13)11-46-28(43)36-7-6-16(10-36)37-8-5-14(23(37)40)9-15-12-50-25-19(24(41)38(25)20(15)26(42)49-30(2,3)4)32-22(39)18(34-45)21-33-27(31)51-35-21/h9,16,19,25,45H,5-8,10-12H2,1-4H3,(H,32,39)(H2,31,33,35)/b14-9+,34-18-/t16-,19+,25+/m0/s1. The molecule has 4 N–H and O–H groups in total. The van der Waals surface area contributed by atoms with E-state index in [9.17, 15) is 34.0 Å². The van der Waals surface area contributed by atoms with Gasteiger partial charge in [0, 0.05) is 42.5 Å². The molecule has 0 spiro atoms. The first kappa shape index (κ1) is 35.6. The number of nitrogens with zero attached hydrogens (tertiary/aromatic N) is 6. The summed E-state index contributed by atoms with van der Waals surface area (Å²) in [4.78, 5) is 85.9. The maximum atomic E-state index is 13.7. The Balaban J connectivity index is 1.15. The number of β-lactam (4-membered cyclic amide) rings is 1. The number of allylic oxidation sites excluding steroid dienone is 1. The molecule has 6 rings (SSSR count). The van der Waals surface area contributed by atoms with Gasteiger partial charge in [-0.05, 0) is 52.2 Å². The summed E-state index contributed by atoms with van der Waals surface area (Å²) in [5.41, 5.74) is 4.94. The van der Waals surface area contributed by atoms with Crippen molar-refractivity contribution in [2.75, 3.05) is 31.1 Å². The second-order valence-electron chi connectivity index (χ2n) is 12.9. The minimum Gasteiger partial charge on any atom is -0.455 e. The Hall–Kier alpha value is -5.18. The van der Waals surface area contributed by atoms with Crippen molar-refractivity contribution >= 4 is 63.9 Å². The topological polar surface area (TPSA) is 253 Å². The monoisotopic (exact) mass is 746 g/mol. The zero-order valence-corrected chi connectivity index (χ0v) is 29.5. The Morgan fingerprint density at radius 3 is 2.61 bits per heavy atom. The number of nitrogens with one attached hydrogen (secondary N) is 1. The fraction of sp³-hybridized carbons (Fsp3) is 0.500. The molecular formula is C30H34N8O11S2. The number of likely N-dealkylation sites (tertiary alicyclic amines) is 2. The maximum Gasteiger partial charge on any atom is 0.519 e. The van der Waals surface area contributed by atoms with Crippen molar-refractivity contribution in [1.82, 2.24) is 29.4 Å². The van der Waals surface area contributed by atoms with E-state index >= 15 is 0 Å². The van der Waals surface area contributed by atoms with Crippen molar-refractivity contribution in [3.8, 4) is 0 Å². The van der Waals surface area contributed by atoms with Crippen LogP contribution in [0.1, 0.15) is 51.0 Å². The van der Waals surface area contributed by atoms with E-state index in [1.54, 1.807) is 31.7 Å². The number of hydrogen-bond donors (Lipinski definition) is 3. The number of rotatable bonds is 8. The van der Waals surface area contributed by atoms with Gasteiger partial charge in [-0.15, -0.1) is 11.8 Å². The summed E-state index contributed by atoms with van der Waals surface area (Å²) >= 11 is 2.06. The van der Waals surface area contributed by atoms with Gasteiger partial charge >= 0.3 is 17.9 Å². The summed E-state index contributed by atoms with van der Waals surface area (Å²) in [6.07, 6.45) is 1.87. The summed E-state index contributed by atoms with van der Waals surface area (Å²) in [7, 11) is 0. The summed E-state index contributed by atoms with van der Waals surface area (Å²) in [6.45, 7) is 7.27. The molecule has 3 saturated heterocycles. The first-order valence-corrected chi connectivity index (χ1v) is 17.5. The highest BCUT2D eigenvalue weighted by Gasteiger charge is 2.55. The number of aromatic nitrogens is 2. The van der Waals surface area contributed by atoms with Crippen LogP contribution in [0, 0.1) is 6.92 Å². The molecule has 272 valence electrons. The first-order valence-electron chi connectivity index (χ1n) is 15.7. The number of carbonyl (C=O) groups is 5. The molecule has 0 unspecified atom stereocenters. The molecule has 21 heteroatoms. The molecule has 0 saturated carbocycles. The van der Waals surface area contributed by atoms with E-state index in [1.807, 2.05) is 0 Å². The minimum absolute atomic E-state index is 0.0357. The second kappa shape index (κ2) is 13.9. The Kier molecular flexibility index (Phi) is 9.68. The van der Waals surface area contributed by atoms with Crippen molar-refractivity contribution in [1.29, 1.82) is 0 Å². The molecule has 6 heterocycles. The molecule has 0 aromatic carbocycles. The number of oxime groups is 1. The van der Waals surface area contributed by atoms with Crippen LogP contribution >= 0.6 is 23.3 Å². The Morgan fingerprint density at radius 1 is 1.20 bits per heavy atom. The molecule has 3 atom stereocenters. The van der Waals surface area contributed by atoms with Crippen LogP contribution in [-0.4, -0.2) is 113 Å². The summed E-state index contributed by atoms with van der Waals surface area (Å²) in [6, 6.07) is -1.36. The molecule has 4 amide bonds. The number of aryl methyl sites for hydroxylation is 1. The molecule has 4 aliphatic rings. The van der Waals surface area contributed by atoms with Gasteiger partial charge in [0.1, 0.15) is 22.7 Å². The molecule has 4 aliphatic heterocycles. The van der Waals surface area contributed by atoms with Crippen LogP contribution in [0.15, 0.2) is 41.7 Å². The van der Waals surface area contributed by atoms with Gasteiger partial charge in [-0.25, -0.2) is 14.4 Å². The summed E-state index contributed by atoms with van der Waals surface area (Å²) < 4.78 is 24.4. The van der Waals surface area contributed by atoms with Crippen LogP contribution in [0.2, 0.25) is 0 Å². The van der Waals surface area contributed by atoms with E-state index < -0.39 is 52.4 Å². The van der Waals surface area contributed by atoms with Gasteiger partial charge < -0.3 is 44.4 Å². The average Bonchev–Trinajstić information content (AvgIpc) is 3.86. The summed E-state index contributed by atoms with van der Waals surface area (Å²) in [5.74, 6) is -3.12. The van der Waals surface area contributed by atoms with Crippen LogP contribution in [-0.2, 0) is 35.3 Å². The molecule has 0 radical (unpaired) electrons. The molecule has 2 aromatic rings. The number of esters is 1. The second-order valence-corrected chi connectivity index (χ2v) is 14.8.